The molecule has 3 rings (SSSR count). The van der Waals surface area contributed by atoms with Crippen LogP contribution in [0.2, 0.25) is 0 Å². The van der Waals surface area contributed by atoms with E-state index in [1.807, 2.05) is 36.4 Å². The molecule has 1 amide bonds. The molecule has 0 saturated heterocycles. The Balaban J connectivity index is 1.79. The van der Waals surface area contributed by atoms with E-state index >= 15 is 0 Å². The molecule has 2 N–H and O–H groups in total. The van der Waals surface area contributed by atoms with Gasteiger partial charge < -0.3 is 15.2 Å². The molecule has 1 aromatic heterocycles. The summed E-state index contributed by atoms with van der Waals surface area (Å²) in [4.78, 5) is 29.0. The Bertz CT molecular complexity index is 938. The van der Waals surface area contributed by atoms with Gasteiger partial charge in [0.1, 0.15) is 11.8 Å². The molecule has 132 valence electrons. The molecule has 3 aromatic rings. The number of rotatable bonds is 5. The van der Waals surface area contributed by atoms with Crippen molar-refractivity contribution in [1.82, 2.24) is 10.3 Å². The number of fused-ring (bicyclic) bond motifs is 1. The van der Waals surface area contributed by atoms with Crippen LogP contribution in [0.15, 0.2) is 60.7 Å². The maximum absolute atomic E-state index is 12.4. The van der Waals surface area contributed by atoms with Gasteiger partial charge in [0.25, 0.3) is 5.91 Å². The molecule has 6 nitrogen and oxygen atoms in total. The van der Waals surface area contributed by atoms with Gasteiger partial charge in [-0.1, -0.05) is 24.3 Å². The maximum Gasteiger partial charge on any atom is 0.328 e. The van der Waals surface area contributed by atoms with E-state index in [-0.39, 0.29) is 12.2 Å². The molecule has 0 bridgehead atoms. The summed E-state index contributed by atoms with van der Waals surface area (Å²) in [5.74, 6) is -0.917. The van der Waals surface area contributed by atoms with E-state index in [4.69, 9.17) is 4.74 Å². The number of carbonyl (C=O) groups excluding carboxylic acids is 2. The highest BCUT2D eigenvalue weighted by molar-refractivity contribution is 5.97. The smallest absolute Gasteiger partial charge is 0.328 e. The van der Waals surface area contributed by atoms with Crippen LogP contribution in [0.4, 0.5) is 0 Å². The molecular formula is C20H18N2O4. The molecule has 0 aliphatic heterocycles. The molecule has 0 unspecified atom stereocenters. The van der Waals surface area contributed by atoms with Gasteiger partial charge in [0, 0.05) is 23.1 Å². The first-order valence-corrected chi connectivity index (χ1v) is 8.09. The van der Waals surface area contributed by atoms with Gasteiger partial charge in [-0.3, -0.25) is 9.78 Å². The maximum atomic E-state index is 12.4. The summed E-state index contributed by atoms with van der Waals surface area (Å²) < 4.78 is 4.81. The largest absolute Gasteiger partial charge is 0.508 e. The Morgan fingerprint density at radius 3 is 2.54 bits per heavy atom. The fraction of sp³-hybridized carbons (Fsp3) is 0.150. The fourth-order valence-corrected chi connectivity index (χ4v) is 2.62. The number of pyridine rings is 1. The SMILES string of the molecule is COC(=O)[C@@H](Cc1ccc2ccccc2n1)NC(=O)c1ccc(O)cc1. The van der Waals surface area contributed by atoms with Crippen LogP contribution in [0.25, 0.3) is 10.9 Å². The van der Waals surface area contributed by atoms with E-state index in [1.54, 1.807) is 0 Å². The van der Waals surface area contributed by atoms with Gasteiger partial charge in [0.05, 0.1) is 12.6 Å². The molecule has 6 heteroatoms. The minimum atomic E-state index is -0.866. The number of methoxy groups -OCH3 is 1. The lowest BCUT2D eigenvalue weighted by Crippen LogP contribution is -2.43. The number of phenols is 1. The Labute approximate surface area is 150 Å². The van der Waals surface area contributed by atoms with Crippen molar-refractivity contribution in [2.24, 2.45) is 0 Å². The van der Waals surface area contributed by atoms with Crippen LogP contribution in [0, 0.1) is 0 Å². The van der Waals surface area contributed by atoms with Crippen LogP contribution >= 0.6 is 0 Å². The number of para-hydroxylation sites is 1. The monoisotopic (exact) mass is 350 g/mol. The van der Waals surface area contributed by atoms with E-state index in [0.29, 0.717) is 11.3 Å². The van der Waals surface area contributed by atoms with Crippen LogP contribution in [-0.2, 0) is 16.0 Å². The van der Waals surface area contributed by atoms with Crippen LogP contribution in [-0.4, -0.2) is 35.1 Å². The normalized spacial score (nSPS) is 11.7. The molecule has 0 aliphatic carbocycles. The van der Waals surface area contributed by atoms with E-state index in [9.17, 15) is 14.7 Å². The quantitative estimate of drug-likeness (QED) is 0.690. The van der Waals surface area contributed by atoms with Gasteiger partial charge in [-0.05, 0) is 36.4 Å². The van der Waals surface area contributed by atoms with E-state index in [2.05, 4.69) is 10.3 Å². The third-order valence-electron chi connectivity index (χ3n) is 3.99. The standard InChI is InChI=1S/C20H18N2O4/c1-26-20(25)18(22-19(24)14-7-10-16(23)11-8-14)12-15-9-6-13-4-2-3-5-17(13)21-15/h2-11,18,23H,12H2,1H3,(H,22,24)/t18-/m1/s1. The van der Waals surface area contributed by atoms with Crippen LogP contribution < -0.4 is 5.32 Å². The summed E-state index contributed by atoms with van der Waals surface area (Å²) in [5, 5.41) is 13.0. The minimum Gasteiger partial charge on any atom is -0.508 e. The molecule has 0 saturated carbocycles. The number of benzene rings is 2. The van der Waals surface area contributed by atoms with Gasteiger partial charge in [-0.25, -0.2) is 4.79 Å². The number of aromatic nitrogens is 1. The van der Waals surface area contributed by atoms with E-state index in [1.165, 1.54) is 31.4 Å². The van der Waals surface area contributed by atoms with E-state index in [0.717, 1.165) is 10.9 Å². The number of hydrogen-bond donors (Lipinski definition) is 2. The molecule has 0 spiro atoms. The number of hydrogen-bond acceptors (Lipinski definition) is 5. The zero-order valence-electron chi connectivity index (χ0n) is 14.2. The van der Waals surface area contributed by atoms with Crippen LogP contribution in [0.1, 0.15) is 16.1 Å². The average molecular weight is 350 g/mol. The summed E-state index contributed by atoms with van der Waals surface area (Å²) >= 11 is 0. The lowest BCUT2D eigenvalue weighted by Gasteiger charge is -2.16. The summed E-state index contributed by atoms with van der Waals surface area (Å²) in [6, 6.07) is 16.3. The van der Waals surface area contributed by atoms with Crippen molar-refractivity contribution >= 4 is 22.8 Å². The molecule has 0 aliphatic rings. The van der Waals surface area contributed by atoms with Gasteiger partial charge >= 0.3 is 5.97 Å². The molecule has 0 radical (unpaired) electrons. The van der Waals surface area contributed by atoms with Crippen molar-refractivity contribution in [2.75, 3.05) is 7.11 Å². The van der Waals surface area contributed by atoms with Crippen molar-refractivity contribution in [3.8, 4) is 5.75 Å². The summed E-state index contributed by atoms with van der Waals surface area (Å²) in [5.41, 5.74) is 1.83. The minimum absolute atomic E-state index is 0.0615. The van der Waals surface area contributed by atoms with Gasteiger partial charge in [-0.2, -0.15) is 0 Å². The molecule has 26 heavy (non-hydrogen) atoms. The topological polar surface area (TPSA) is 88.5 Å². The highest BCUT2D eigenvalue weighted by Crippen LogP contribution is 2.14. The predicted octanol–water partition coefficient (Wildman–Crippen LogP) is 2.45. The second kappa shape index (κ2) is 7.65. The zero-order chi connectivity index (χ0) is 18.5. The lowest BCUT2D eigenvalue weighted by molar-refractivity contribution is -0.142. The second-order valence-electron chi connectivity index (χ2n) is 5.80. The third-order valence-corrected chi connectivity index (χ3v) is 3.99. The number of aromatic hydroxyl groups is 1. The van der Waals surface area contributed by atoms with Crippen LogP contribution in [0.3, 0.4) is 0 Å². The highest BCUT2D eigenvalue weighted by atomic mass is 16.5. The predicted molar refractivity (Wildman–Crippen MR) is 96.8 cm³/mol. The second-order valence-corrected chi connectivity index (χ2v) is 5.80. The zero-order valence-corrected chi connectivity index (χ0v) is 14.2. The third kappa shape index (κ3) is 3.97. The fourth-order valence-electron chi connectivity index (χ4n) is 2.62. The van der Waals surface area contributed by atoms with Crippen molar-refractivity contribution in [3.05, 3.63) is 71.9 Å². The van der Waals surface area contributed by atoms with Crippen molar-refractivity contribution in [2.45, 2.75) is 12.5 Å². The summed E-state index contributed by atoms with van der Waals surface area (Å²) in [7, 11) is 1.27. The van der Waals surface area contributed by atoms with Gasteiger partial charge in [-0.15, -0.1) is 0 Å². The highest BCUT2D eigenvalue weighted by Gasteiger charge is 2.23. The number of nitrogens with one attached hydrogen (secondary N) is 1. The Hall–Kier alpha value is -3.41. The molecule has 0 fully saturated rings. The number of nitrogens with zero attached hydrogens (tertiary/aromatic N) is 1. The van der Waals surface area contributed by atoms with Gasteiger partial charge in [0.2, 0.25) is 0 Å². The van der Waals surface area contributed by atoms with Crippen molar-refractivity contribution in [3.63, 3.8) is 0 Å². The Kier molecular flexibility index (Phi) is 5.12. The van der Waals surface area contributed by atoms with Crippen molar-refractivity contribution in [1.29, 1.82) is 0 Å². The van der Waals surface area contributed by atoms with Gasteiger partial charge in [0.15, 0.2) is 0 Å². The molecular weight excluding hydrogens is 332 g/mol. The van der Waals surface area contributed by atoms with Crippen molar-refractivity contribution < 1.29 is 19.4 Å². The summed E-state index contributed by atoms with van der Waals surface area (Å²) in [6.45, 7) is 0. The average Bonchev–Trinajstić information content (AvgIpc) is 2.67. The Morgan fingerprint density at radius 2 is 1.81 bits per heavy atom. The summed E-state index contributed by atoms with van der Waals surface area (Å²) in [6.07, 6.45) is 0.210. The number of phenolic OH excluding ortho intramolecular Hbond substituents is 1. The number of ether oxygens (including phenoxy) is 1. The Morgan fingerprint density at radius 1 is 1.08 bits per heavy atom. The molecule has 1 atom stereocenters. The molecule has 2 aromatic carbocycles. The molecule has 1 heterocycles. The van der Waals surface area contributed by atoms with Crippen LogP contribution in [0.5, 0.6) is 5.75 Å². The first kappa shape index (κ1) is 17.4. The number of carbonyl (C=O) groups is 2. The lowest BCUT2D eigenvalue weighted by atomic mass is 10.1. The number of amides is 1. The van der Waals surface area contributed by atoms with E-state index < -0.39 is 17.9 Å². The first-order chi connectivity index (χ1) is 12.6. The number of esters is 1. The first-order valence-electron chi connectivity index (χ1n) is 8.09.